The van der Waals surface area contributed by atoms with E-state index < -0.39 is 0 Å². The molecule has 0 N–H and O–H groups in total. The van der Waals surface area contributed by atoms with Crippen molar-refractivity contribution in [2.24, 2.45) is 0 Å². The fourth-order valence-corrected chi connectivity index (χ4v) is 9.51. The monoisotopic (exact) mass is 883 g/mol. The molecule has 0 unspecified atom stereocenters. The van der Waals surface area contributed by atoms with Gasteiger partial charge in [-0.25, -0.2) is 4.98 Å². The SMILES string of the molecule is CC(C)(C)c1cc(-[n+]2[c-]n(-c3cccc(Oc4cc(C(C)(C)C)c5c6ccccc6n(-c6cc(C(C)(C)C)ccn6)c5c4)c3)c(C(C)(C)c3ccccc3)c2)cc(C(C)(C)c2ccccc2)c1. The van der Waals surface area contributed by atoms with Crippen LogP contribution in [0.25, 0.3) is 39.0 Å². The minimum absolute atomic E-state index is 0.0302. The van der Waals surface area contributed by atoms with E-state index in [-0.39, 0.29) is 27.1 Å². The zero-order valence-corrected chi connectivity index (χ0v) is 41.8. The van der Waals surface area contributed by atoms with Gasteiger partial charge in [-0.05, 0) is 104 Å². The quantitative estimate of drug-likeness (QED) is 0.107. The van der Waals surface area contributed by atoms with Crippen molar-refractivity contribution in [1.29, 1.82) is 0 Å². The fourth-order valence-electron chi connectivity index (χ4n) is 9.51. The number of ether oxygens (including phenoxy) is 1. The molecule has 5 nitrogen and oxygen atoms in total. The molecule has 3 aromatic heterocycles. The highest BCUT2D eigenvalue weighted by Crippen LogP contribution is 2.43. The van der Waals surface area contributed by atoms with E-state index in [1.54, 1.807) is 0 Å². The fraction of sp³-hybridized carbons (Fsp3) is 0.290. The van der Waals surface area contributed by atoms with E-state index in [0.717, 1.165) is 45.4 Å². The van der Waals surface area contributed by atoms with Crippen molar-refractivity contribution >= 4 is 21.8 Å². The van der Waals surface area contributed by atoms with Gasteiger partial charge in [-0.1, -0.05) is 181 Å². The highest BCUT2D eigenvalue weighted by Gasteiger charge is 2.31. The third-order valence-electron chi connectivity index (χ3n) is 13.8. The second-order valence-electron chi connectivity index (χ2n) is 22.5. The number of para-hydroxylation sites is 1. The number of hydrogen-bond donors (Lipinski definition) is 0. The summed E-state index contributed by atoms with van der Waals surface area (Å²) < 4.78 is 13.8. The second kappa shape index (κ2) is 16.6. The van der Waals surface area contributed by atoms with Crippen molar-refractivity contribution in [2.75, 3.05) is 0 Å². The summed E-state index contributed by atoms with van der Waals surface area (Å²) in [5.41, 5.74) is 11.9. The molecule has 9 aromatic rings. The molecule has 0 aliphatic carbocycles. The van der Waals surface area contributed by atoms with Crippen LogP contribution in [-0.2, 0) is 27.1 Å². The highest BCUT2D eigenvalue weighted by atomic mass is 16.5. The minimum atomic E-state index is -0.383. The molecule has 0 fully saturated rings. The zero-order valence-electron chi connectivity index (χ0n) is 41.8. The molecule has 0 aliphatic heterocycles. The van der Waals surface area contributed by atoms with Gasteiger partial charge in [0.1, 0.15) is 17.3 Å². The molecule has 9 rings (SSSR count). The molecule has 0 amide bonds. The van der Waals surface area contributed by atoms with Crippen LogP contribution in [0.2, 0.25) is 0 Å². The number of nitrogens with zero attached hydrogens (tertiary/aromatic N) is 4. The van der Waals surface area contributed by atoms with E-state index in [2.05, 4.69) is 268 Å². The van der Waals surface area contributed by atoms with Crippen LogP contribution < -0.4 is 9.30 Å². The maximum atomic E-state index is 7.03. The maximum Gasteiger partial charge on any atom is 0.269 e. The van der Waals surface area contributed by atoms with Gasteiger partial charge in [0, 0.05) is 40.1 Å². The van der Waals surface area contributed by atoms with Crippen LogP contribution in [0.4, 0.5) is 0 Å². The van der Waals surface area contributed by atoms with Crippen molar-refractivity contribution in [1.82, 2.24) is 14.1 Å². The summed E-state index contributed by atoms with van der Waals surface area (Å²) in [4.78, 5) is 4.98. The first kappa shape index (κ1) is 45.4. The van der Waals surface area contributed by atoms with E-state index in [0.29, 0.717) is 0 Å². The molecule has 0 atom stereocenters. The van der Waals surface area contributed by atoms with E-state index in [4.69, 9.17) is 9.72 Å². The first-order valence-corrected chi connectivity index (χ1v) is 23.8. The Morgan fingerprint density at radius 1 is 0.493 bits per heavy atom. The van der Waals surface area contributed by atoms with Crippen molar-refractivity contribution < 1.29 is 9.30 Å². The average Bonchev–Trinajstić information content (AvgIpc) is 3.90. The molecule has 0 saturated carbocycles. The summed E-state index contributed by atoms with van der Waals surface area (Å²) in [5.74, 6) is 2.41. The van der Waals surface area contributed by atoms with Crippen LogP contribution in [0.5, 0.6) is 11.5 Å². The Bertz CT molecular complexity index is 3250. The Balaban J connectivity index is 1.20. The number of hydrogen-bond acceptors (Lipinski definition) is 2. The molecule has 0 aliphatic rings. The minimum Gasteiger partial charge on any atom is -0.458 e. The predicted octanol–water partition coefficient (Wildman–Crippen LogP) is 15.4. The molecule has 3 heterocycles. The number of pyridine rings is 1. The predicted molar refractivity (Wildman–Crippen MR) is 278 cm³/mol. The normalized spacial score (nSPS) is 12.9. The van der Waals surface area contributed by atoms with Gasteiger partial charge in [0.25, 0.3) is 6.33 Å². The van der Waals surface area contributed by atoms with Crippen molar-refractivity contribution in [2.45, 2.75) is 117 Å². The number of benzene rings is 6. The summed E-state index contributed by atoms with van der Waals surface area (Å²) >= 11 is 0. The largest absolute Gasteiger partial charge is 0.458 e. The third kappa shape index (κ3) is 8.61. The lowest BCUT2D eigenvalue weighted by Gasteiger charge is -2.30. The summed E-state index contributed by atoms with van der Waals surface area (Å²) in [7, 11) is 0. The summed E-state index contributed by atoms with van der Waals surface area (Å²) in [6, 6.07) is 54.6. The highest BCUT2D eigenvalue weighted by molar-refractivity contribution is 6.11. The van der Waals surface area contributed by atoms with E-state index >= 15 is 0 Å². The topological polar surface area (TPSA) is 35.9 Å². The lowest BCUT2D eigenvalue weighted by molar-refractivity contribution is -0.599. The zero-order chi connectivity index (χ0) is 47.7. The van der Waals surface area contributed by atoms with Gasteiger partial charge < -0.3 is 4.74 Å². The summed E-state index contributed by atoms with van der Waals surface area (Å²) in [5, 5.41) is 2.42. The smallest absolute Gasteiger partial charge is 0.269 e. The van der Waals surface area contributed by atoms with Gasteiger partial charge in [0.15, 0.2) is 0 Å². The summed E-state index contributed by atoms with van der Waals surface area (Å²) in [6.07, 6.45) is 8.06. The van der Waals surface area contributed by atoms with Gasteiger partial charge in [-0.2, -0.15) is 0 Å². The standard InChI is InChI=1S/C62H66N4O/c1-58(2,3)44-31-32-63-56(36-44)66-53-30-21-20-29-51(53)57-52(60(7,8)9)38-50(39-54(57)66)67-49-28-22-27-47(37-49)65-41-64(40-55(65)62(12,13)43-25-18-15-19-26-43)48-34-45(59(4,5)6)33-46(35-48)61(10,11)42-23-16-14-17-24-42/h14-40H,1-13H3. The van der Waals surface area contributed by atoms with Crippen LogP contribution in [0, 0.1) is 6.33 Å². The molecule has 5 heteroatoms. The van der Waals surface area contributed by atoms with Gasteiger partial charge >= 0.3 is 0 Å². The Labute approximate surface area is 398 Å². The molecule has 340 valence electrons. The average molecular weight is 883 g/mol. The summed E-state index contributed by atoms with van der Waals surface area (Å²) in [6.45, 7) is 29.7. The Morgan fingerprint density at radius 2 is 1.12 bits per heavy atom. The molecule has 0 radical (unpaired) electrons. The van der Waals surface area contributed by atoms with Crippen LogP contribution in [-0.4, -0.2) is 14.1 Å². The van der Waals surface area contributed by atoms with E-state index in [1.165, 1.54) is 44.2 Å². The van der Waals surface area contributed by atoms with Gasteiger partial charge in [0.05, 0.1) is 28.1 Å². The van der Waals surface area contributed by atoms with Crippen LogP contribution in [0.15, 0.2) is 164 Å². The number of aromatic nitrogens is 4. The third-order valence-corrected chi connectivity index (χ3v) is 13.8. The van der Waals surface area contributed by atoms with Gasteiger partial charge in [-0.15, -0.1) is 0 Å². The Kier molecular flexibility index (Phi) is 11.2. The second-order valence-corrected chi connectivity index (χ2v) is 22.5. The van der Waals surface area contributed by atoms with Crippen molar-refractivity contribution in [3.8, 4) is 28.7 Å². The Hall–Kier alpha value is -6.72. The van der Waals surface area contributed by atoms with Crippen molar-refractivity contribution in [3.63, 3.8) is 0 Å². The molecule has 0 saturated heterocycles. The van der Waals surface area contributed by atoms with Gasteiger partial charge in [-0.3, -0.25) is 13.7 Å². The van der Waals surface area contributed by atoms with E-state index in [1.807, 2.05) is 6.20 Å². The lowest BCUT2D eigenvalue weighted by atomic mass is 9.75. The van der Waals surface area contributed by atoms with Crippen LogP contribution in [0.1, 0.15) is 129 Å². The number of rotatable bonds is 9. The molecular weight excluding hydrogens is 817 g/mol. The first-order chi connectivity index (χ1) is 31.6. The maximum absolute atomic E-state index is 7.03. The van der Waals surface area contributed by atoms with Gasteiger partial charge in [0.2, 0.25) is 0 Å². The lowest BCUT2D eigenvalue weighted by Crippen LogP contribution is -2.31. The molecule has 0 spiro atoms. The van der Waals surface area contributed by atoms with E-state index in [9.17, 15) is 0 Å². The molecular formula is C62H66N4O. The molecule has 67 heavy (non-hydrogen) atoms. The van der Waals surface area contributed by atoms with Crippen LogP contribution >= 0.6 is 0 Å². The van der Waals surface area contributed by atoms with Crippen LogP contribution in [0.3, 0.4) is 0 Å². The number of fused-ring (bicyclic) bond motifs is 3. The first-order valence-electron chi connectivity index (χ1n) is 23.8. The number of imidazole rings is 1. The molecule has 0 bridgehead atoms. The van der Waals surface area contributed by atoms with Crippen molar-refractivity contribution in [3.05, 3.63) is 209 Å². The Morgan fingerprint density at radius 3 is 1.78 bits per heavy atom. The molecule has 6 aromatic carbocycles.